The van der Waals surface area contributed by atoms with Crippen molar-refractivity contribution in [2.75, 3.05) is 34.0 Å². The molecule has 1 heterocycles. The lowest BCUT2D eigenvalue weighted by atomic mass is 9.55. The number of likely N-dealkylation sites (N-methyl/N-ethyl adjacent to an activating group) is 1. The van der Waals surface area contributed by atoms with E-state index in [-0.39, 0.29) is 61.3 Å². The SMILES string of the molecule is C=CCOC12Oc3ccc(O)cc3C3C(CCCCO)C(CCCCO)C=C(C(=NOC)CC1N(C)C(=O)C=Cc1ccc([N+](=O)[O-])cc1)C32. The Balaban J connectivity index is 1.65. The number of aliphatic hydroxyl groups is 2. The quantitative estimate of drug-likeness (QED) is 0.0656. The molecule has 0 radical (unpaired) electrons. The number of aliphatic hydroxyl groups excluding tert-OH is 2. The van der Waals surface area contributed by atoms with Gasteiger partial charge in [0.2, 0.25) is 11.7 Å². The zero-order chi connectivity index (χ0) is 35.8. The molecule has 1 saturated carbocycles. The molecular weight excluding hydrogens is 642 g/mol. The highest BCUT2D eigenvalue weighted by Crippen LogP contribution is 2.61. The topological polar surface area (TPSA) is 164 Å². The molecule has 2 aromatic carbocycles. The van der Waals surface area contributed by atoms with Crippen LogP contribution in [0.1, 0.15) is 62.0 Å². The number of allylic oxidation sites excluding steroid dienone is 1. The van der Waals surface area contributed by atoms with Crippen LogP contribution in [0.15, 0.2) is 78.0 Å². The molecule has 12 nitrogen and oxygen atoms in total. The lowest BCUT2D eigenvalue weighted by Gasteiger charge is -2.59. The van der Waals surface area contributed by atoms with E-state index in [0.29, 0.717) is 29.9 Å². The Morgan fingerprint density at radius 1 is 1.14 bits per heavy atom. The molecule has 0 spiro atoms. The summed E-state index contributed by atoms with van der Waals surface area (Å²) in [4.78, 5) is 31.6. The first-order valence-electron chi connectivity index (χ1n) is 17.2. The molecule has 5 rings (SSSR count). The molecule has 50 heavy (non-hydrogen) atoms. The molecule has 6 atom stereocenters. The highest BCUT2D eigenvalue weighted by atomic mass is 16.7. The molecule has 2 aromatic rings. The van der Waals surface area contributed by atoms with Crippen molar-refractivity contribution >= 4 is 23.4 Å². The Labute approximate surface area is 292 Å². The summed E-state index contributed by atoms with van der Waals surface area (Å²) in [5.41, 5.74) is 2.99. The number of amides is 1. The maximum absolute atomic E-state index is 14.0. The number of benzene rings is 2. The number of hydrogen-bond donors (Lipinski definition) is 3. The maximum atomic E-state index is 14.0. The molecule has 0 saturated heterocycles. The number of nitro groups is 1. The van der Waals surface area contributed by atoms with Crippen molar-refractivity contribution in [3.8, 4) is 11.5 Å². The first-order valence-corrected chi connectivity index (χ1v) is 17.2. The van der Waals surface area contributed by atoms with Crippen molar-refractivity contribution in [1.29, 1.82) is 0 Å². The van der Waals surface area contributed by atoms with E-state index < -0.39 is 22.7 Å². The lowest BCUT2D eigenvalue weighted by Crippen LogP contribution is -2.69. The number of carbonyl (C=O) groups excluding carboxylic acids is 1. The molecule has 1 aliphatic heterocycles. The van der Waals surface area contributed by atoms with Crippen molar-refractivity contribution in [3.63, 3.8) is 0 Å². The van der Waals surface area contributed by atoms with E-state index in [0.717, 1.165) is 36.8 Å². The average Bonchev–Trinajstić information content (AvgIpc) is 3.11. The van der Waals surface area contributed by atoms with Gasteiger partial charge in [0.05, 0.1) is 23.2 Å². The number of rotatable bonds is 16. The Bertz CT molecular complexity index is 1620. The summed E-state index contributed by atoms with van der Waals surface area (Å²) in [6.45, 7) is 4.22. The van der Waals surface area contributed by atoms with Crippen LogP contribution in [-0.2, 0) is 14.4 Å². The second-order valence-corrected chi connectivity index (χ2v) is 13.1. The number of aromatic hydroxyl groups is 1. The Morgan fingerprint density at radius 3 is 2.52 bits per heavy atom. The number of carbonyl (C=O) groups is 1. The third-order valence-corrected chi connectivity index (χ3v) is 10.2. The number of fused-ring (bicyclic) bond motifs is 2. The fourth-order valence-electron chi connectivity index (χ4n) is 7.99. The molecule has 3 N–H and O–H groups in total. The van der Waals surface area contributed by atoms with Gasteiger partial charge in [-0.25, -0.2) is 0 Å². The summed E-state index contributed by atoms with van der Waals surface area (Å²) < 4.78 is 13.7. The van der Waals surface area contributed by atoms with Gasteiger partial charge in [0, 0.05) is 56.4 Å². The van der Waals surface area contributed by atoms with Gasteiger partial charge >= 0.3 is 0 Å². The van der Waals surface area contributed by atoms with Gasteiger partial charge in [0.25, 0.3) is 5.69 Å². The molecule has 1 amide bonds. The van der Waals surface area contributed by atoms with Crippen LogP contribution >= 0.6 is 0 Å². The maximum Gasteiger partial charge on any atom is 0.269 e. The van der Waals surface area contributed by atoms with Gasteiger partial charge < -0.3 is 34.5 Å². The summed E-state index contributed by atoms with van der Waals surface area (Å²) in [7, 11) is 3.18. The van der Waals surface area contributed by atoms with E-state index in [4.69, 9.17) is 14.3 Å². The second kappa shape index (κ2) is 16.5. The van der Waals surface area contributed by atoms with Crippen LogP contribution in [-0.4, -0.2) is 82.6 Å². The summed E-state index contributed by atoms with van der Waals surface area (Å²) in [6, 6.07) is 10.3. The Kier molecular flexibility index (Phi) is 12.1. The highest BCUT2D eigenvalue weighted by molar-refractivity contribution is 6.03. The largest absolute Gasteiger partial charge is 0.508 e. The smallest absolute Gasteiger partial charge is 0.269 e. The van der Waals surface area contributed by atoms with E-state index in [1.54, 1.807) is 54.4 Å². The van der Waals surface area contributed by atoms with Gasteiger partial charge in [-0.15, -0.1) is 6.58 Å². The Morgan fingerprint density at radius 2 is 1.86 bits per heavy atom. The van der Waals surface area contributed by atoms with Crippen molar-refractivity contribution in [3.05, 3.63) is 94.1 Å². The molecule has 3 aliphatic rings. The number of phenols is 1. The minimum absolute atomic E-state index is 0.0432. The van der Waals surface area contributed by atoms with Crippen molar-refractivity contribution in [2.24, 2.45) is 22.9 Å². The third-order valence-electron chi connectivity index (χ3n) is 10.2. The van der Waals surface area contributed by atoms with Crippen LogP contribution in [0, 0.1) is 27.9 Å². The number of nitrogens with zero attached hydrogens (tertiary/aromatic N) is 3. The Hall–Kier alpha value is -4.52. The lowest BCUT2D eigenvalue weighted by molar-refractivity contribution is -0.384. The minimum Gasteiger partial charge on any atom is -0.508 e. The zero-order valence-corrected chi connectivity index (χ0v) is 28.6. The number of oxime groups is 1. The molecule has 268 valence electrons. The minimum atomic E-state index is -1.39. The predicted molar refractivity (Wildman–Crippen MR) is 189 cm³/mol. The van der Waals surface area contributed by atoms with Crippen LogP contribution in [0.3, 0.4) is 0 Å². The molecular formula is C38H47N3O9. The average molecular weight is 690 g/mol. The van der Waals surface area contributed by atoms with Crippen molar-refractivity contribution in [2.45, 2.75) is 62.7 Å². The standard InChI is InChI=1S/C38H47N3O9/c1-4-21-49-38-34(40(2)35(45)18-13-25-11-14-27(15-12-25)41(46)47)24-32(39-48-3)30-22-26(9-5-7-19-42)29(10-6-8-20-43)36(37(30)38)31-23-28(44)16-17-33(31)50-38/h4,11-18,22-23,26,29,34,36-37,42-44H,1,5-10,19-21,24H2,2-3H3. The van der Waals surface area contributed by atoms with Crippen molar-refractivity contribution < 1.29 is 39.3 Å². The molecule has 0 aromatic heterocycles. The summed E-state index contributed by atoms with van der Waals surface area (Å²) in [5, 5.41) is 45.7. The summed E-state index contributed by atoms with van der Waals surface area (Å²) >= 11 is 0. The fourth-order valence-corrected chi connectivity index (χ4v) is 7.99. The fraction of sp³-hybridized carbons (Fsp3) is 0.474. The summed E-state index contributed by atoms with van der Waals surface area (Å²) in [6.07, 6.45) is 11.7. The monoisotopic (exact) mass is 689 g/mol. The second-order valence-electron chi connectivity index (χ2n) is 13.1. The zero-order valence-electron chi connectivity index (χ0n) is 28.6. The van der Waals surface area contributed by atoms with Crippen LogP contribution < -0.4 is 4.74 Å². The van der Waals surface area contributed by atoms with E-state index in [1.807, 2.05) is 0 Å². The van der Waals surface area contributed by atoms with Gasteiger partial charge in [0.1, 0.15) is 24.7 Å². The number of hydrogen-bond acceptors (Lipinski definition) is 10. The molecule has 2 aliphatic carbocycles. The summed E-state index contributed by atoms with van der Waals surface area (Å²) in [5.74, 6) is -1.62. The number of phenolic OH excluding ortho intramolecular Hbond substituents is 1. The molecule has 6 unspecified atom stereocenters. The van der Waals surface area contributed by atoms with Crippen LogP contribution in [0.25, 0.3) is 6.08 Å². The number of ether oxygens (including phenoxy) is 2. The first kappa shape index (κ1) is 36.8. The van der Waals surface area contributed by atoms with E-state index >= 15 is 0 Å². The highest BCUT2D eigenvalue weighted by Gasteiger charge is 2.65. The van der Waals surface area contributed by atoms with Gasteiger partial charge in [-0.2, -0.15) is 0 Å². The van der Waals surface area contributed by atoms with Crippen molar-refractivity contribution in [1.82, 2.24) is 4.90 Å². The molecule has 1 fully saturated rings. The van der Waals surface area contributed by atoms with E-state index in [2.05, 4.69) is 17.8 Å². The molecule has 0 bridgehead atoms. The van der Waals surface area contributed by atoms with Gasteiger partial charge in [-0.1, -0.05) is 30.1 Å². The van der Waals surface area contributed by atoms with Crippen LogP contribution in [0.5, 0.6) is 11.5 Å². The number of non-ortho nitro benzene ring substituents is 1. The van der Waals surface area contributed by atoms with Crippen LogP contribution in [0.4, 0.5) is 5.69 Å². The third kappa shape index (κ3) is 7.47. The van der Waals surface area contributed by atoms with Gasteiger partial charge in [-0.3, -0.25) is 14.9 Å². The van der Waals surface area contributed by atoms with Gasteiger partial charge in [-0.05, 0) is 85.1 Å². The van der Waals surface area contributed by atoms with E-state index in [1.165, 1.54) is 25.3 Å². The predicted octanol–water partition coefficient (Wildman–Crippen LogP) is 5.74. The number of unbranched alkanes of at least 4 members (excludes halogenated alkanes) is 2. The first-order chi connectivity index (χ1) is 24.2. The number of nitro benzene ring substituents is 1. The molecule has 12 heteroatoms. The van der Waals surface area contributed by atoms with Crippen LogP contribution in [0.2, 0.25) is 0 Å². The normalized spacial score (nSPS) is 26.0. The van der Waals surface area contributed by atoms with E-state index in [9.17, 15) is 30.2 Å². The van der Waals surface area contributed by atoms with Gasteiger partial charge in [0.15, 0.2) is 0 Å².